The van der Waals surface area contributed by atoms with Crippen LogP contribution >= 0.6 is 27.3 Å². The van der Waals surface area contributed by atoms with Crippen molar-refractivity contribution in [2.45, 2.75) is 44.6 Å². The van der Waals surface area contributed by atoms with Crippen LogP contribution in [0.25, 0.3) is 0 Å². The molecule has 2 rings (SSSR count). The molecule has 15 heavy (non-hydrogen) atoms. The lowest BCUT2D eigenvalue weighted by atomic mass is 9.85. The number of hydrogen-bond donors (Lipinski definition) is 1. The molecule has 0 aliphatic heterocycles. The van der Waals surface area contributed by atoms with Gasteiger partial charge in [0.15, 0.2) is 0 Å². The zero-order chi connectivity index (χ0) is 10.9. The van der Waals surface area contributed by atoms with Crippen LogP contribution in [0.2, 0.25) is 0 Å². The second-order valence-corrected chi connectivity index (χ2v) is 7.03. The van der Waals surface area contributed by atoms with Gasteiger partial charge in [-0.3, -0.25) is 0 Å². The molecule has 3 heteroatoms. The highest BCUT2D eigenvalue weighted by atomic mass is 79.9. The third kappa shape index (κ3) is 2.45. The molecular weight excluding hydrogens is 272 g/mol. The van der Waals surface area contributed by atoms with Gasteiger partial charge in [-0.25, -0.2) is 0 Å². The molecule has 1 aromatic heterocycles. The summed E-state index contributed by atoms with van der Waals surface area (Å²) < 4.78 is 1.16. The lowest BCUT2D eigenvalue weighted by Gasteiger charge is -2.29. The maximum absolute atomic E-state index is 10.6. The quantitative estimate of drug-likeness (QED) is 0.892. The van der Waals surface area contributed by atoms with Gasteiger partial charge in [0.1, 0.15) is 0 Å². The van der Waals surface area contributed by atoms with Crippen molar-refractivity contribution in [2.24, 2.45) is 5.92 Å². The van der Waals surface area contributed by atoms with E-state index in [0.29, 0.717) is 5.92 Å². The summed E-state index contributed by atoms with van der Waals surface area (Å²) in [6, 6.07) is 4.19. The molecule has 84 valence electrons. The van der Waals surface area contributed by atoms with E-state index in [9.17, 15) is 5.11 Å². The number of hydrogen-bond acceptors (Lipinski definition) is 2. The van der Waals surface area contributed by atoms with Crippen molar-refractivity contribution < 1.29 is 5.11 Å². The molecule has 0 saturated heterocycles. The zero-order valence-electron chi connectivity index (χ0n) is 9.00. The smallest absolute Gasteiger partial charge is 0.0723 e. The Balaban J connectivity index is 2.09. The van der Waals surface area contributed by atoms with Crippen molar-refractivity contribution in [1.29, 1.82) is 0 Å². The van der Waals surface area contributed by atoms with Gasteiger partial charge in [0, 0.05) is 11.3 Å². The highest BCUT2D eigenvalue weighted by Gasteiger charge is 2.39. The first kappa shape index (κ1) is 11.6. The summed E-state index contributed by atoms with van der Waals surface area (Å²) in [5.74, 6) is 0.498. The van der Waals surface area contributed by atoms with Crippen molar-refractivity contribution in [2.75, 3.05) is 0 Å². The summed E-state index contributed by atoms with van der Waals surface area (Å²) in [7, 11) is 0. The van der Waals surface area contributed by atoms with Crippen LogP contribution in [0.4, 0.5) is 0 Å². The minimum atomic E-state index is -0.432. The fraction of sp³-hybridized carbons (Fsp3) is 0.667. The topological polar surface area (TPSA) is 20.2 Å². The second kappa shape index (κ2) is 4.56. The molecule has 1 N–H and O–H groups in total. The third-order valence-electron chi connectivity index (χ3n) is 3.52. The van der Waals surface area contributed by atoms with Gasteiger partial charge < -0.3 is 5.11 Å². The normalized spacial score (nSPS) is 31.0. The third-order valence-corrected chi connectivity index (χ3v) is 5.15. The number of aliphatic hydroxyl groups is 1. The number of rotatable bonds is 3. The molecule has 1 aliphatic rings. The van der Waals surface area contributed by atoms with Crippen LogP contribution in [-0.4, -0.2) is 10.7 Å². The van der Waals surface area contributed by atoms with Gasteiger partial charge in [-0.15, -0.1) is 11.3 Å². The first-order chi connectivity index (χ1) is 7.14. The van der Waals surface area contributed by atoms with Crippen molar-refractivity contribution in [1.82, 2.24) is 0 Å². The van der Waals surface area contributed by atoms with E-state index in [-0.39, 0.29) is 0 Å². The molecule has 0 amide bonds. The van der Waals surface area contributed by atoms with Gasteiger partial charge in [-0.1, -0.05) is 19.8 Å². The second-order valence-electron chi connectivity index (χ2n) is 4.48. The SMILES string of the molecule is CCC1CCCC1(O)Cc1ccc(Br)s1. The molecule has 2 atom stereocenters. The highest BCUT2D eigenvalue weighted by Crippen LogP contribution is 2.41. The summed E-state index contributed by atoms with van der Waals surface area (Å²) >= 11 is 5.21. The average Bonchev–Trinajstić information content (AvgIpc) is 2.73. The summed E-state index contributed by atoms with van der Waals surface area (Å²) in [5, 5.41) is 10.6. The zero-order valence-corrected chi connectivity index (χ0v) is 11.4. The lowest BCUT2D eigenvalue weighted by molar-refractivity contribution is 0.00218. The molecule has 0 radical (unpaired) electrons. The maximum Gasteiger partial charge on any atom is 0.0723 e. The number of thiophene rings is 1. The minimum absolute atomic E-state index is 0.432. The lowest BCUT2D eigenvalue weighted by Crippen LogP contribution is -2.34. The van der Waals surface area contributed by atoms with Gasteiger partial charge in [0.05, 0.1) is 9.39 Å². The number of halogens is 1. The standard InChI is InChI=1S/C12H17BrOS/c1-2-9-4-3-7-12(9,14)8-10-5-6-11(13)15-10/h5-6,9,14H,2-4,7-8H2,1H3. The van der Waals surface area contributed by atoms with E-state index in [1.54, 1.807) is 11.3 Å². The Hall–Kier alpha value is 0.140. The van der Waals surface area contributed by atoms with E-state index in [1.165, 1.54) is 17.7 Å². The first-order valence-electron chi connectivity index (χ1n) is 5.60. The Labute approximate surface area is 104 Å². The molecule has 1 heterocycles. The van der Waals surface area contributed by atoms with Gasteiger partial charge in [-0.05, 0) is 46.8 Å². The summed E-state index contributed by atoms with van der Waals surface area (Å²) in [4.78, 5) is 1.30. The maximum atomic E-state index is 10.6. The molecule has 1 fully saturated rings. The molecule has 2 unspecified atom stereocenters. The van der Waals surface area contributed by atoms with Gasteiger partial charge >= 0.3 is 0 Å². The molecule has 0 aromatic carbocycles. The van der Waals surface area contributed by atoms with Crippen molar-refractivity contribution in [3.05, 3.63) is 20.8 Å². The van der Waals surface area contributed by atoms with E-state index in [2.05, 4.69) is 35.0 Å². The van der Waals surface area contributed by atoms with Gasteiger partial charge in [0.25, 0.3) is 0 Å². The van der Waals surface area contributed by atoms with Crippen LogP contribution in [0.3, 0.4) is 0 Å². The predicted octanol–water partition coefficient (Wildman–Crippen LogP) is 3.99. The molecule has 1 nitrogen and oxygen atoms in total. The fourth-order valence-corrected chi connectivity index (χ4v) is 4.29. The molecule has 1 aliphatic carbocycles. The van der Waals surface area contributed by atoms with Crippen LogP contribution < -0.4 is 0 Å². The van der Waals surface area contributed by atoms with Crippen LogP contribution in [0.5, 0.6) is 0 Å². The Morgan fingerprint density at radius 2 is 2.40 bits per heavy atom. The minimum Gasteiger partial charge on any atom is -0.389 e. The monoisotopic (exact) mass is 288 g/mol. The molecule has 0 bridgehead atoms. The molecule has 0 spiro atoms. The van der Waals surface area contributed by atoms with Crippen molar-refractivity contribution in [3.63, 3.8) is 0 Å². The highest BCUT2D eigenvalue weighted by molar-refractivity contribution is 9.11. The summed E-state index contributed by atoms with van der Waals surface area (Å²) in [6.45, 7) is 2.19. The van der Waals surface area contributed by atoms with Gasteiger partial charge in [-0.2, -0.15) is 0 Å². The summed E-state index contributed by atoms with van der Waals surface area (Å²) in [6.07, 6.45) is 5.28. The van der Waals surface area contributed by atoms with Crippen LogP contribution in [0.1, 0.15) is 37.5 Å². The summed E-state index contributed by atoms with van der Waals surface area (Å²) in [5.41, 5.74) is -0.432. The van der Waals surface area contributed by atoms with Crippen molar-refractivity contribution in [3.8, 4) is 0 Å². The Bertz CT molecular complexity index is 336. The Morgan fingerprint density at radius 3 is 3.00 bits per heavy atom. The van der Waals surface area contributed by atoms with Crippen LogP contribution in [0, 0.1) is 5.92 Å². The van der Waals surface area contributed by atoms with E-state index in [0.717, 1.165) is 23.0 Å². The molecule has 1 saturated carbocycles. The van der Waals surface area contributed by atoms with E-state index >= 15 is 0 Å². The van der Waals surface area contributed by atoms with Crippen molar-refractivity contribution >= 4 is 27.3 Å². The molecule has 1 aromatic rings. The first-order valence-corrected chi connectivity index (χ1v) is 7.21. The van der Waals surface area contributed by atoms with Crippen LogP contribution in [-0.2, 0) is 6.42 Å². The average molecular weight is 289 g/mol. The predicted molar refractivity (Wildman–Crippen MR) is 68.3 cm³/mol. The van der Waals surface area contributed by atoms with E-state index in [4.69, 9.17) is 0 Å². The van der Waals surface area contributed by atoms with Gasteiger partial charge in [0.2, 0.25) is 0 Å². The molecular formula is C12H17BrOS. The van der Waals surface area contributed by atoms with E-state index in [1.807, 2.05) is 0 Å². The van der Waals surface area contributed by atoms with E-state index < -0.39 is 5.60 Å². The van der Waals surface area contributed by atoms with Crippen LogP contribution in [0.15, 0.2) is 15.9 Å². The Kier molecular flexibility index (Phi) is 3.53. The Morgan fingerprint density at radius 1 is 1.60 bits per heavy atom. The fourth-order valence-electron chi connectivity index (χ4n) is 2.69. The largest absolute Gasteiger partial charge is 0.389 e.